The van der Waals surface area contributed by atoms with Crippen molar-refractivity contribution in [2.45, 2.75) is 46.1 Å². The van der Waals surface area contributed by atoms with Gasteiger partial charge in [0.1, 0.15) is 5.75 Å². The van der Waals surface area contributed by atoms with E-state index >= 15 is 0 Å². The molecule has 0 bridgehead atoms. The normalized spacial score (nSPS) is 11.0. The number of hydrogen-bond donors (Lipinski definition) is 1. The smallest absolute Gasteiger partial charge is 0.244 e. The Balaban J connectivity index is 2.50. The molecule has 0 radical (unpaired) electrons. The van der Waals surface area contributed by atoms with Gasteiger partial charge in [-0.2, -0.15) is 0 Å². The Morgan fingerprint density at radius 1 is 1.20 bits per heavy atom. The van der Waals surface area contributed by atoms with Gasteiger partial charge in [0, 0.05) is 12.1 Å². The molecule has 1 amide bonds. The second-order valence-electron chi connectivity index (χ2n) is 4.77. The third-order valence-electron chi connectivity index (χ3n) is 3.11. The lowest BCUT2D eigenvalue weighted by molar-refractivity contribution is -0.117. The average molecular weight is 275 g/mol. The van der Waals surface area contributed by atoms with E-state index in [4.69, 9.17) is 4.74 Å². The topological polar surface area (TPSA) is 38.3 Å². The summed E-state index contributed by atoms with van der Waals surface area (Å²) < 4.78 is 5.51. The van der Waals surface area contributed by atoms with Crippen LogP contribution in [-0.4, -0.2) is 18.6 Å². The SMILES string of the molecule is CCCOc1ccc(/C=C/C(=O)NC(CC)CC)cc1. The van der Waals surface area contributed by atoms with Crippen LogP contribution in [0, 0.1) is 0 Å². The third kappa shape index (κ3) is 5.91. The van der Waals surface area contributed by atoms with Crippen molar-refractivity contribution in [1.82, 2.24) is 5.32 Å². The summed E-state index contributed by atoms with van der Waals surface area (Å²) in [7, 11) is 0. The van der Waals surface area contributed by atoms with Crippen LogP contribution in [0.2, 0.25) is 0 Å². The lowest BCUT2D eigenvalue weighted by Gasteiger charge is -2.12. The highest BCUT2D eigenvalue weighted by molar-refractivity contribution is 5.91. The minimum atomic E-state index is -0.0370. The zero-order chi connectivity index (χ0) is 14.8. The van der Waals surface area contributed by atoms with Crippen molar-refractivity contribution >= 4 is 12.0 Å². The number of carbonyl (C=O) groups is 1. The molecule has 0 aliphatic heterocycles. The summed E-state index contributed by atoms with van der Waals surface area (Å²) in [6.07, 6.45) is 6.32. The summed E-state index contributed by atoms with van der Waals surface area (Å²) in [4.78, 5) is 11.7. The maximum Gasteiger partial charge on any atom is 0.244 e. The van der Waals surface area contributed by atoms with Gasteiger partial charge in [-0.05, 0) is 43.0 Å². The van der Waals surface area contributed by atoms with Gasteiger partial charge in [-0.25, -0.2) is 0 Å². The van der Waals surface area contributed by atoms with Crippen molar-refractivity contribution in [3.63, 3.8) is 0 Å². The number of rotatable bonds is 8. The van der Waals surface area contributed by atoms with Gasteiger partial charge in [0.15, 0.2) is 0 Å². The van der Waals surface area contributed by atoms with E-state index < -0.39 is 0 Å². The van der Waals surface area contributed by atoms with Crippen molar-refractivity contribution in [2.75, 3.05) is 6.61 Å². The van der Waals surface area contributed by atoms with E-state index in [0.29, 0.717) is 0 Å². The number of carbonyl (C=O) groups excluding carboxylic acids is 1. The Bertz CT molecular complexity index is 419. The minimum absolute atomic E-state index is 0.0370. The van der Waals surface area contributed by atoms with Gasteiger partial charge >= 0.3 is 0 Å². The first-order chi connectivity index (χ1) is 9.69. The van der Waals surface area contributed by atoms with Crippen LogP contribution in [0.3, 0.4) is 0 Å². The summed E-state index contributed by atoms with van der Waals surface area (Å²) in [5.41, 5.74) is 0.994. The second kappa shape index (κ2) is 9.18. The molecule has 0 fully saturated rings. The van der Waals surface area contributed by atoms with E-state index in [0.717, 1.165) is 37.2 Å². The fourth-order valence-electron chi connectivity index (χ4n) is 1.81. The Kier molecular flexibility index (Phi) is 7.48. The monoisotopic (exact) mass is 275 g/mol. The van der Waals surface area contributed by atoms with Crippen LogP contribution >= 0.6 is 0 Å². The number of nitrogens with one attached hydrogen (secondary N) is 1. The summed E-state index contributed by atoms with van der Waals surface area (Å²) in [5, 5.41) is 2.98. The molecule has 0 unspecified atom stereocenters. The van der Waals surface area contributed by atoms with Crippen LogP contribution in [-0.2, 0) is 4.79 Å². The van der Waals surface area contributed by atoms with Gasteiger partial charge < -0.3 is 10.1 Å². The lowest BCUT2D eigenvalue weighted by Crippen LogP contribution is -2.32. The van der Waals surface area contributed by atoms with Gasteiger partial charge in [0.2, 0.25) is 5.91 Å². The third-order valence-corrected chi connectivity index (χ3v) is 3.11. The zero-order valence-corrected chi connectivity index (χ0v) is 12.7. The van der Waals surface area contributed by atoms with Crippen LogP contribution < -0.4 is 10.1 Å². The zero-order valence-electron chi connectivity index (χ0n) is 12.7. The molecule has 3 nitrogen and oxygen atoms in total. The summed E-state index contributed by atoms with van der Waals surface area (Å²) in [5.74, 6) is 0.829. The van der Waals surface area contributed by atoms with Gasteiger partial charge in [-0.15, -0.1) is 0 Å². The lowest BCUT2D eigenvalue weighted by atomic mass is 10.1. The van der Waals surface area contributed by atoms with E-state index in [-0.39, 0.29) is 11.9 Å². The molecule has 1 aromatic rings. The molecule has 0 atom stereocenters. The molecular formula is C17H25NO2. The number of amides is 1. The van der Waals surface area contributed by atoms with E-state index in [9.17, 15) is 4.79 Å². The predicted octanol–water partition coefficient (Wildman–Crippen LogP) is 3.79. The summed E-state index contributed by atoms with van der Waals surface area (Å²) in [6, 6.07) is 8.01. The van der Waals surface area contributed by atoms with Crippen LogP contribution in [0.15, 0.2) is 30.3 Å². The Morgan fingerprint density at radius 2 is 1.85 bits per heavy atom. The Labute approximate surface area is 122 Å². The summed E-state index contributed by atoms with van der Waals surface area (Å²) in [6.45, 7) is 6.96. The highest BCUT2D eigenvalue weighted by Crippen LogP contribution is 2.13. The molecule has 1 aromatic carbocycles. The predicted molar refractivity (Wildman–Crippen MR) is 83.8 cm³/mol. The first-order valence-corrected chi connectivity index (χ1v) is 7.41. The molecule has 0 saturated carbocycles. The molecule has 0 spiro atoms. The molecule has 1 rings (SSSR count). The molecule has 0 aliphatic rings. The fraction of sp³-hybridized carbons (Fsp3) is 0.471. The minimum Gasteiger partial charge on any atom is -0.494 e. The molecular weight excluding hydrogens is 250 g/mol. The molecule has 0 aromatic heterocycles. The summed E-state index contributed by atoms with van der Waals surface area (Å²) >= 11 is 0. The molecule has 0 heterocycles. The molecule has 0 saturated heterocycles. The maximum absolute atomic E-state index is 11.7. The van der Waals surface area contributed by atoms with Gasteiger partial charge in [0.05, 0.1) is 6.61 Å². The molecule has 3 heteroatoms. The van der Waals surface area contributed by atoms with E-state index in [1.807, 2.05) is 30.3 Å². The van der Waals surface area contributed by atoms with Crippen molar-refractivity contribution < 1.29 is 9.53 Å². The second-order valence-corrected chi connectivity index (χ2v) is 4.77. The van der Waals surface area contributed by atoms with E-state index in [1.165, 1.54) is 0 Å². The Morgan fingerprint density at radius 3 is 2.40 bits per heavy atom. The molecule has 20 heavy (non-hydrogen) atoms. The fourth-order valence-corrected chi connectivity index (χ4v) is 1.81. The standard InChI is InChI=1S/C17H25NO2/c1-4-13-20-16-10-7-14(8-11-16)9-12-17(19)18-15(5-2)6-3/h7-12,15H,4-6,13H2,1-3H3,(H,18,19)/b12-9+. The van der Waals surface area contributed by atoms with E-state index in [2.05, 4.69) is 26.1 Å². The van der Waals surface area contributed by atoms with Crippen LogP contribution in [0.4, 0.5) is 0 Å². The van der Waals surface area contributed by atoms with E-state index in [1.54, 1.807) is 6.08 Å². The van der Waals surface area contributed by atoms with Crippen LogP contribution in [0.1, 0.15) is 45.6 Å². The molecule has 0 aliphatic carbocycles. The van der Waals surface area contributed by atoms with Gasteiger partial charge in [0.25, 0.3) is 0 Å². The number of benzene rings is 1. The highest BCUT2D eigenvalue weighted by Gasteiger charge is 2.04. The van der Waals surface area contributed by atoms with Gasteiger partial charge in [-0.3, -0.25) is 4.79 Å². The highest BCUT2D eigenvalue weighted by atomic mass is 16.5. The van der Waals surface area contributed by atoms with Crippen molar-refractivity contribution in [1.29, 1.82) is 0 Å². The maximum atomic E-state index is 11.7. The molecule has 110 valence electrons. The van der Waals surface area contributed by atoms with Crippen molar-refractivity contribution in [3.8, 4) is 5.75 Å². The average Bonchev–Trinajstić information content (AvgIpc) is 2.49. The Hall–Kier alpha value is -1.77. The molecule has 1 N–H and O–H groups in total. The number of ether oxygens (including phenoxy) is 1. The first kappa shape index (κ1) is 16.3. The largest absolute Gasteiger partial charge is 0.494 e. The number of hydrogen-bond acceptors (Lipinski definition) is 2. The van der Waals surface area contributed by atoms with Crippen molar-refractivity contribution in [2.24, 2.45) is 0 Å². The van der Waals surface area contributed by atoms with Crippen LogP contribution in [0.25, 0.3) is 6.08 Å². The first-order valence-electron chi connectivity index (χ1n) is 7.41. The van der Waals surface area contributed by atoms with Gasteiger partial charge in [-0.1, -0.05) is 32.9 Å². The van der Waals surface area contributed by atoms with Crippen LogP contribution in [0.5, 0.6) is 5.75 Å². The van der Waals surface area contributed by atoms with Crippen molar-refractivity contribution in [3.05, 3.63) is 35.9 Å². The quantitative estimate of drug-likeness (QED) is 0.733.